The Kier molecular flexibility index (Phi) is 5.61. The molecule has 0 aliphatic heterocycles. The minimum Gasteiger partial charge on any atom is -0.494 e. The minimum absolute atomic E-state index is 0.0405. The van der Waals surface area contributed by atoms with Crippen molar-refractivity contribution in [1.29, 1.82) is 0 Å². The molecular formula is C20H17FN2O4. The Morgan fingerprint density at radius 3 is 2.48 bits per heavy atom. The Morgan fingerprint density at radius 2 is 1.85 bits per heavy atom. The predicted octanol–water partition coefficient (Wildman–Crippen LogP) is 3.12. The third kappa shape index (κ3) is 4.58. The topological polar surface area (TPSA) is 70.4 Å². The monoisotopic (exact) mass is 368 g/mol. The lowest BCUT2D eigenvalue weighted by Gasteiger charge is -2.07. The van der Waals surface area contributed by atoms with Gasteiger partial charge in [-0.1, -0.05) is 12.1 Å². The average molecular weight is 368 g/mol. The van der Waals surface area contributed by atoms with E-state index in [1.165, 1.54) is 19.2 Å². The number of methoxy groups -OCH3 is 1. The molecule has 138 valence electrons. The van der Waals surface area contributed by atoms with E-state index in [1.54, 1.807) is 35.1 Å². The maximum absolute atomic E-state index is 13.7. The molecule has 0 aliphatic carbocycles. The fraction of sp³-hybridized carbons (Fsp3) is 0.150. The van der Waals surface area contributed by atoms with Gasteiger partial charge in [-0.2, -0.15) is 5.10 Å². The lowest BCUT2D eigenvalue weighted by atomic mass is 10.1. The van der Waals surface area contributed by atoms with Gasteiger partial charge in [0, 0.05) is 18.0 Å². The largest absolute Gasteiger partial charge is 0.494 e. The molecule has 0 saturated heterocycles. The van der Waals surface area contributed by atoms with E-state index in [2.05, 4.69) is 5.10 Å². The van der Waals surface area contributed by atoms with E-state index >= 15 is 0 Å². The molecule has 0 bridgehead atoms. The van der Waals surface area contributed by atoms with E-state index < -0.39 is 24.2 Å². The quantitative estimate of drug-likeness (QED) is 0.473. The molecule has 3 aromatic rings. The van der Waals surface area contributed by atoms with E-state index in [0.29, 0.717) is 12.1 Å². The molecule has 2 aromatic carbocycles. The number of aromatic nitrogens is 2. The number of esters is 1. The van der Waals surface area contributed by atoms with Gasteiger partial charge in [-0.15, -0.1) is 0 Å². The average Bonchev–Trinajstić information content (AvgIpc) is 3.19. The van der Waals surface area contributed by atoms with Crippen LogP contribution in [0.2, 0.25) is 0 Å². The van der Waals surface area contributed by atoms with Gasteiger partial charge in [0.1, 0.15) is 0 Å². The number of nitrogens with zero attached hydrogens (tertiary/aromatic N) is 2. The number of carbonyl (C=O) groups excluding carboxylic acids is 2. The summed E-state index contributed by atoms with van der Waals surface area (Å²) in [6.07, 6.45) is 3.53. The van der Waals surface area contributed by atoms with Gasteiger partial charge in [0.15, 0.2) is 24.0 Å². The maximum Gasteiger partial charge on any atom is 0.338 e. The highest BCUT2D eigenvalue weighted by molar-refractivity contribution is 5.99. The van der Waals surface area contributed by atoms with Crippen LogP contribution in [0.1, 0.15) is 26.3 Å². The van der Waals surface area contributed by atoms with Crippen molar-refractivity contribution in [1.82, 2.24) is 9.78 Å². The summed E-state index contributed by atoms with van der Waals surface area (Å²) in [6, 6.07) is 12.5. The molecule has 0 atom stereocenters. The highest BCUT2D eigenvalue weighted by Crippen LogP contribution is 2.18. The van der Waals surface area contributed by atoms with Gasteiger partial charge in [0.05, 0.1) is 19.2 Å². The van der Waals surface area contributed by atoms with Crippen LogP contribution in [0.25, 0.3) is 0 Å². The number of carbonyl (C=O) groups is 2. The molecule has 0 saturated carbocycles. The summed E-state index contributed by atoms with van der Waals surface area (Å²) in [5, 5.41) is 4.12. The summed E-state index contributed by atoms with van der Waals surface area (Å²) in [5.74, 6) is -1.73. The Hall–Kier alpha value is -3.48. The van der Waals surface area contributed by atoms with E-state index in [0.717, 1.165) is 11.6 Å². The summed E-state index contributed by atoms with van der Waals surface area (Å²) in [6.45, 7) is 0.115. The Balaban J connectivity index is 1.57. The Morgan fingerprint density at radius 1 is 1.11 bits per heavy atom. The molecule has 0 radical (unpaired) electrons. The zero-order valence-electron chi connectivity index (χ0n) is 14.6. The smallest absolute Gasteiger partial charge is 0.338 e. The molecule has 0 N–H and O–H groups in total. The van der Waals surface area contributed by atoms with Crippen LogP contribution >= 0.6 is 0 Å². The number of Topliss-reactive ketones (excluding diaryl/α,β-unsaturated/α-hetero) is 1. The molecule has 7 heteroatoms. The van der Waals surface area contributed by atoms with E-state index in [4.69, 9.17) is 9.47 Å². The first-order valence-corrected chi connectivity index (χ1v) is 8.17. The highest BCUT2D eigenvalue weighted by atomic mass is 19.1. The standard InChI is InChI=1S/C20H17FN2O4/c1-26-19-8-7-16(11-17(19)21)18(24)13-27-20(25)15-5-3-14(4-6-15)12-23-10-2-9-22-23/h2-11H,12-13H2,1H3. The van der Waals surface area contributed by atoms with Crippen molar-refractivity contribution >= 4 is 11.8 Å². The molecule has 0 unspecified atom stereocenters. The first-order valence-electron chi connectivity index (χ1n) is 8.17. The van der Waals surface area contributed by atoms with Gasteiger partial charge < -0.3 is 9.47 Å². The number of benzene rings is 2. The molecule has 1 heterocycles. The number of halogens is 1. The summed E-state index contributed by atoms with van der Waals surface area (Å²) in [4.78, 5) is 24.2. The fourth-order valence-electron chi connectivity index (χ4n) is 2.46. The summed E-state index contributed by atoms with van der Waals surface area (Å²) >= 11 is 0. The van der Waals surface area contributed by atoms with Crippen LogP contribution < -0.4 is 4.74 Å². The zero-order chi connectivity index (χ0) is 19.2. The van der Waals surface area contributed by atoms with Crippen LogP contribution in [0.4, 0.5) is 4.39 Å². The molecule has 0 fully saturated rings. The predicted molar refractivity (Wildman–Crippen MR) is 95.3 cm³/mol. The number of ether oxygens (including phenoxy) is 2. The summed E-state index contributed by atoms with van der Waals surface area (Å²) in [5.41, 5.74) is 1.41. The molecule has 0 aliphatic rings. The molecule has 0 spiro atoms. The van der Waals surface area contributed by atoms with Gasteiger partial charge in [-0.3, -0.25) is 9.48 Å². The third-order valence-electron chi connectivity index (χ3n) is 3.90. The van der Waals surface area contributed by atoms with Crippen LogP contribution in [0.15, 0.2) is 60.9 Å². The molecular weight excluding hydrogens is 351 g/mol. The Labute approximate surface area is 155 Å². The van der Waals surface area contributed by atoms with Crippen molar-refractivity contribution < 1.29 is 23.5 Å². The van der Waals surface area contributed by atoms with Crippen molar-refractivity contribution in [3.8, 4) is 5.75 Å². The maximum atomic E-state index is 13.7. The first kappa shape index (κ1) is 18.3. The second-order valence-electron chi connectivity index (χ2n) is 5.75. The number of rotatable bonds is 7. The van der Waals surface area contributed by atoms with E-state index in [-0.39, 0.29) is 11.3 Å². The molecule has 6 nitrogen and oxygen atoms in total. The second-order valence-corrected chi connectivity index (χ2v) is 5.75. The first-order chi connectivity index (χ1) is 13.1. The van der Waals surface area contributed by atoms with Crippen molar-refractivity contribution in [2.45, 2.75) is 6.54 Å². The third-order valence-corrected chi connectivity index (χ3v) is 3.90. The molecule has 1 aromatic heterocycles. The SMILES string of the molecule is COc1ccc(C(=O)COC(=O)c2ccc(Cn3cccn3)cc2)cc1F. The van der Waals surface area contributed by atoms with E-state index in [1.807, 2.05) is 12.3 Å². The molecule has 27 heavy (non-hydrogen) atoms. The van der Waals surface area contributed by atoms with Gasteiger partial charge in [-0.05, 0) is 42.0 Å². The van der Waals surface area contributed by atoms with Crippen molar-refractivity contribution in [2.75, 3.05) is 13.7 Å². The van der Waals surface area contributed by atoms with Gasteiger partial charge in [0.25, 0.3) is 0 Å². The van der Waals surface area contributed by atoms with Gasteiger partial charge >= 0.3 is 5.97 Å². The number of hydrogen-bond donors (Lipinski definition) is 0. The number of ketones is 1. The normalized spacial score (nSPS) is 10.4. The van der Waals surface area contributed by atoms with Gasteiger partial charge in [0.2, 0.25) is 0 Å². The minimum atomic E-state index is -0.651. The summed E-state index contributed by atoms with van der Waals surface area (Å²) < 4.78 is 25.2. The molecule has 3 rings (SSSR count). The summed E-state index contributed by atoms with van der Waals surface area (Å²) in [7, 11) is 1.34. The fourth-order valence-corrected chi connectivity index (χ4v) is 2.46. The number of hydrogen-bond acceptors (Lipinski definition) is 5. The van der Waals surface area contributed by atoms with Gasteiger partial charge in [-0.25, -0.2) is 9.18 Å². The van der Waals surface area contributed by atoms with Crippen molar-refractivity contribution in [3.05, 3.63) is 83.4 Å². The van der Waals surface area contributed by atoms with Crippen LogP contribution in [0, 0.1) is 5.82 Å². The second kappa shape index (κ2) is 8.27. The zero-order valence-corrected chi connectivity index (χ0v) is 14.6. The molecule has 0 amide bonds. The lowest BCUT2D eigenvalue weighted by molar-refractivity contribution is 0.0474. The lowest BCUT2D eigenvalue weighted by Crippen LogP contribution is -2.14. The Bertz CT molecular complexity index is 937. The highest BCUT2D eigenvalue weighted by Gasteiger charge is 2.14. The van der Waals surface area contributed by atoms with Crippen LogP contribution in [0.3, 0.4) is 0 Å². The van der Waals surface area contributed by atoms with Crippen LogP contribution in [-0.4, -0.2) is 35.2 Å². The van der Waals surface area contributed by atoms with Crippen molar-refractivity contribution in [3.63, 3.8) is 0 Å². The van der Waals surface area contributed by atoms with Crippen LogP contribution in [-0.2, 0) is 11.3 Å². The van der Waals surface area contributed by atoms with Crippen LogP contribution in [0.5, 0.6) is 5.75 Å². The van der Waals surface area contributed by atoms with E-state index in [9.17, 15) is 14.0 Å². The van der Waals surface area contributed by atoms with Crippen molar-refractivity contribution in [2.24, 2.45) is 0 Å².